The highest BCUT2D eigenvalue weighted by Crippen LogP contribution is 2.27. The number of carbonyl (C=O) groups excluding carboxylic acids is 1. The third kappa shape index (κ3) is 6.32. The van der Waals surface area contributed by atoms with E-state index < -0.39 is 0 Å². The third-order valence-corrected chi connectivity index (χ3v) is 7.15. The van der Waals surface area contributed by atoms with Gasteiger partial charge in [0.15, 0.2) is 5.78 Å². The summed E-state index contributed by atoms with van der Waals surface area (Å²) in [5, 5.41) is 0. The molecule has 3 aromatic carbocycles. The van der Waals surface area contributed by atoms with Gasteiger partial charge < -0.3 is 14.7 Å². The number of hydrogen-bond acceptors (Lipinski definition) is 4. The van der Waals surface area contributed by atoms with Crippen LogP contribution >= 0.6 is 0 Å². The number of piperidine rings is 1. The first-order valence-electron chi connectivity index (χ1n) is 13.5. The summed E-state index contributed by atoms with van der Waals surface area (Å²) < 4.78 is 0. The van der Waals surface area contributed by atoms with E-state index in [1.165, 1.54) is 11.4 Å². The summed E-state index contributed by atoms with van der Waals surface area (Å²) in [4.78, 5) is 20.6. The smallest absolute Gasteiger partial charge is 0.188 e. The lowest BCUT2D eigenvalue weighted by Gasteiger charge is -2.32. The van der Waals surface area contributed by atoms with E-state index in [1.807, 2.05) is 6.07 Å². The molecule has 0 spiro atoms. The molecule has 4 rings (SSSR count). The van der Waals surface area contributed by atoms with Crippen molar-refractivity contribution in [3.8, 4) is 0 Å². The molecule has 0 aromatic heterocycles. The number of nitrogens with zero attached hydrogens (tertiary/aromatic N) is 3. The van der Waals surface area contributed by atoms with E-state index in [1.54, 1.807) is 0 Å². The molecular formula is C33H39N3O. The first-order chi connectivity index (χ1) is 18.1. The van der Waals surface area contributed by atoms with Gasteiger partial charge in [-0.15, -0.1) is 0 Å². The standard InChI is InChI=1S/C33H39N3O/c1-5-34(6-2)31-18-14-26(15-19-31)22-28-24-36(30-12-10-9-11-13-30)25-29(33(28)37)23-27-16-20-32(21-17-27)35(7-3)8-4/h9-23H,5-8,24-25H2,1-4H3. The van der Waals surface area contributed by atoms with Gasteiger partial charge in [-0.3, -0.25) is 4.79 Å². The number of para-hydroxylation sites is 1. The molecule has 0 unspecified atom stereocenters. The molecule has 1 fully saturated rings. The van der Waals surface area contributed by atoms with Gasteiger partial charge in [0.1, 0.15) is 0 Å². The van der Waals surface area contributed by atoms with Gasteiger partial charge in [-0.05, 0) is 87.4 Å². The van der Waals surface area contributed by atoms with E-state index >= 15 is 0 Å². The van der Waals surface area contributed by atoms with Crippen molar-refractivity contribution >= 4 is 35.0 Å². The van der Waals surface area contributed by atoms with Gasteiger partial charge >= 0.3 is 0 Å². The van der Waals surface area contributed by atoms with Gasteiger partial charge in [0.2, 0.25) is 0 Å². The first-order valence-corrected chi connectivity index (χ1v) is 13.5. The number of carbonyl (C=O) groups is 1. The summed E-state index contributed by atoms with van der Waals surface area (Å²) >= 11 is 0. The summed E-state index contributed by atoms with van der Waals surface area (Å²) in [5.74, 6) is 0.132. The molecule has 0 amide bonds. The van der Waals surface area contributed by atoms with Crippen LogP contribution in [0.3, 0.4) is 0 Å². The van der Waals surface area contributed by atoms with Crippen LogP contribution in [-0.2, 0) is 4.79 Å². The Morgan fingerprint density at radius 2 is 1.03 bits per heavy atom. The second kappa shape index (κ2) is 12.4. The van der Waals surface area contributed by atoms with Crippen LogP contribution in [0.4, 0.5) is 17.1 Å². The normalized spacial score (nSPS) is 15.9. The Morgan fingerprint density at radius 1 is 0.622 bits per heavy atom. The highest BCUT2D eigenvalue weighted by molar-refractivity contribution is 6.15. The molecular weight excluding hydrogens is 454 g/mol. The fraction of sp³-hybridized carbons (Fsp3) is 0.303. The van der Waals surface area contributed by atoms with E-state index in [2.05, 4.69) is 127 Å². The van der Waals surface area contributed by atoms with Crippen LogP contribution in [-0.4, -0.2) is 45.1 Å². The molecule has 37 heavy (non-hydrogen) atoms. The van der Waals surface area contributed by atoms with E-state index in [0.29, 0.717) is 13.1 Å². The Morgan fingerprint density at radius 3 is 1.41 bits per heavy atom. The van der Waals surface area contributed by atoms with E-state index in [4.69, 9.17) is 0 Å². The number of benzene rings is 3. The van der Waals surface area contributed by atoms with Gasteiger partial charge in [0, 0.05) is 67.5 Å². The van der Waals surface area contributed by atoms with Crippen LogP contribution < -0.4 is 14.7 Å². The van der Waals surface area contributed by atoms with Crippen molar-refractivity contribution in [2.45, 2.75) is 27.7 Å². The van der Waals surface area contributed by atoms with Crippen molar-refractivity contribution < 1.29 is 4.79 Å². The zero-order valence-electron chi connectivity index (χ0n) is 22.7. The summed E-state index contributed by atoms with van der Waals surface area (Å²) in [6.07, 6.45) is 4.11. The maximum Gasteiger partial charge on any atom is 0.188 e. The topological polar surface area (TPSA) is 26.8 Å². The largest absolute Gasteiger partial charge is 0.372 e. The Bertz CT molecular complexity index is 1140. The van der Waals surface area contributed by atoms with E-state index in [0.717, 1.165) is 54.1 Å². The minimum Gasteiger partial charge on any atom is -0.372 e. The average Bonchev–Trinajstić information content (AvgIpc) is 2.94. The molecule has 0 atom stereocenters. The van der Waals surface area contributed by atoms with Crippen LogP contribution in [0.5, 0.6) is 0 Å². The molecule has 0 saturated carbocycles. The van der Waals surface area contributed by atoms with Crippen LogP contribution in [0.2, 0.25) is 0 Å². The van der Waals surface area contributed by atoms with Crippen molar-refractivity contribution in [1.82, 2.24) is 0 Å². The fourth-order valence-corrected chi connectivity index (χ4v) is 5.00. The Balaban J connectivity index is 1.65. The van der Waals surface area contributed by atoms with Gasteiger partial charge in [-0.25, -0.2) is 0 Å². The van der Waals surface area contributed by atoms with Gasteiger partial charge in [-0.2, -0.15) is 0 Å². The molecule has 3 aromatic rings. The average molecular weight is 494 g/mol. The zero-order chi connectivity index (χ0) is 26.2. The predicted octanol–water partition coefficient (Wildman–Crippen LogP) is 6.94. The van der Waals surface area contributed by atoms with Crippen LogP contribution in [0.1, 0.15) is 38.8 Å². The summed E-state index contributed by atoms with van der Waals surface area (Å²) in [5.41, 5.74) is 7.28. The number of rotatable bonds is 9. The summed E-state index contributed by atoms with van der Waals surface area (Å²) in [6.45, 7) is 13.8. The van der Waals surface area contributed by atoms with Crippen molar-refractivity contribution in [3.63, 3.8) is 0 Å². The van der Waals surface area contributed by atoms with Crippen LogP contribution in [0.25, 0.3) is 12.2 Å². The number of Topliss-reactive ketones (excluding diaryl/α,β-unsaturated/α-hetero) is 1. The maximum absolute atomic E-state index is 13.7. The van der Waals surface area contributed by atoms with Crippen molar-refractivity contribution in [1.29, 1.82) is 0 Å². The first kappa shape index (κ1) is 26.3. The van der Waals surface area contributed by atoms with Crippen LogP contribution in [0, 0.1) is 0 Å². The highest BCUT2D eigenvalue weighted by Gasteiger charge is 2.26. The molecule has 4 heteroatoms. The Hall–Kier alpha value is -3.79. The molecule has 0 radical (unpaired) electrons. The highest BCUT2D eigenvalue weighted by atomic mass is 16.1. The summed E-state index contributed by atoms with van der Waals surface area (Å²) in [7, 11) is 0. The second-order valence-corrected chi connectivity index (χ2v) is 9.39. The van der Waals surface area contributed by atoms with E-state index in [-0.39, 0.29) is 5.78 Å². The molecule has 0 aliphatic carbocycles. The lowest BCUT2D eigenvalue weighted by molar-refractivity contribution is -0.112. The molecule has 1 aliphatic rings. The lowest BCUT2D eigenvalue weighted by atomic mass is 9.93. The Labute approximate surface area is 222 Å². The van der Waals surface area contributed by atoms with Gasteiger partial charge in [0.05, 0.1) is 0 Å². The summed E-state index contributed by atoms with van der Waals surface area (Å²) in [6, 6.07) is 27.4. The predicted molar refractivity (Wildman–Crippen MR) is 160 cm³/mol. The van der Waals surface area contributed by atoms with Crippen LogP contribution in [0.15, 0.2) is 90.0 Å². The molecule has 192 valence electrons. The molecule has 1 aliphatic heterocycles. The molecule has 1 heterocycles. The number of anilines is 3. The lowest BCUT2D eigenvalue weighted by Crippen LogP contribution is -2.37. The monoisotopic (exact) mass is 493 g/mol. The second-order valence-electron chi connectivity index (χ2n) is 9.39. The Kier molecular flexibility index (Phi) is 8.84. The van der Waals surface area contributed by atoms with Crippen molar-refractivity contribution in [2.24, 2.45) is 0 Å². The fourth-order valence-electron chi connectivity index (χ4n) is 5.00. The van der Waals surface area contributed by atoms with E-state index in [9.17, 15) is 4.79 Å². The number of hydrogen-bond donors (Lipinski definition) is 0. The minimum absolute atomic E-state index is 0.132. The van der Waals surface area contributed by atoms with Gasteiger partial charge in [-0.1, -0.05) is 42.5 Å². The van der Waals surface area contributed by atoms with Crippen molar-refractivity contribution in [2.75, 3.05) is 54.0 Å². The molecule has 0 bridgehead atoms. The molecule has 1 saturated heterocycles. The molecule has 0 N–H and O–H groups in total. The zero-order valence-corrected chi connectivity index (χ0v) is 22.7. The third-order valence-electron chi connectivity index (χ3n) is 7.15. The quantitative estimate of drug-likeness (QED) is 0.302. The minimum atomic E-state index is 0.132. The van der Waals surface area contributed by atoms with Gasteiger partial charge in [0.25, 0.3) is 0 Å². The maximum atomic E-state index is 13.7. The van der Waals surface area contributed by atoms with Crippen molar-refractivity contribution in [3.05, 3.63) is 101 Å². The number of ketones is 1. The SMILES string of the molecule is CCN(CC)c1ccc(C=C2CN(c3ccccc3)CC(=Cc3ccc(N(CC)CC)cc3)C2=O)cc1. The molecule has 4 nitrogen and oxygen atoms in total.